The van der Waals surface area contributed by atoms with Crippen molar-refractivity contribution < 1.29 is 23.7 Å². The molecule has 7 nitrogen and oxygen atoms in total. The van der Waals surface area contributed by atoms with Crippen LogP contribution in [0.3, 0.4) is 0 Å². The molecule has 4 aromatic rings. The molecule has 0 aliphatic rings. The molecule has 0 saturated carbocycles. The van der Waals surface area contributed by atoms with Crippen molar-refractivity contribution in [2.75, 3.05) is 21.3 Å². The molecule has 0 bridgehead atoms. The van der Waals surface area contributed by atoms with Crippen LogP contribution in [0.4, 0.5) is 0 Å². The fraction of sp³-hybridized carbons (Fsp3) is 0.179. The lowest BCUT2D eigenvalue weighted by Crippen LogP contribution is -2.07. The van der Waals surface area contributed by atoms with Gasteiger partial charge in [0.1, 0.15) is 5.75 Å². The highest BCUT2D eigenvalue weighted by molar-refractivity contribution is 5.89. The van der Waals surface area contributed by atoms with Crippen molar-refractivity contribution in [1.29, 1.82) is 0 Å². The van der Waals surface area contributed by atoms with E-state index in [9.17, 15) is 4.79 Å². The van der Waals surface area contributed by atoms with Gasteiger partial charge in [0.25, 0.3) is 0 Å². The number of esters is 1. The number of ether oxygens (including phenoxy) is 4. The molecule has 7 heteroatoms. The molecular formula is C28H26N2O5. The molecule has 0 aliphatic heterocycles. The highest BCUT2D eigenvalue weighted by Gasteiger charge is 2.18. The molecule has 1 unspecified atom stereocenters. The van der Waals surface area contributed by atoms with Gasteiger partial charge in [-0.15, -0.1) is 0 Å². The van der Waals surface area contributed by atoms with Crippen molar-refractivity contribution in [3.05, 3.63) is 108 Å². The van der Waals surface area contributed by atoms with Crippen molar-refractivity contribution >= 4 is 5.97 Å². The van der Waals surface area contributed by atoms with Crippen molar-refractivity contribution in [2.45, 2.75) is 12.3 Å². The molecule has 35 heavy (non-hydrogen) atoms. The summed E-state index contributed by atoms with van der Waals surface area (Å²) in [6.45, 7) is 0. The van der Waals surface area contributed by atoms with E-state index in [1.165, 1.54) is 7.11 Å². The Labute approximate surface area is 204 Å². The summed E-state index contributed by atoms with van der Waals surface area (Å²) in [5.74, 6) is 2.01. The molecule has 0 amide bonds. The molecule has 2 aromatic heterocycles. The molecule has 0 radical (unpaired) electrons. The second-order valence-electron chi connectivity index (χ2n) is 7.77. The third-order valence-corrected chi connectivity index (χ3v) is 5.66. The first-order valence-electron chi connectivity index (χ1n) is 11.0. The lowest BCUT2D eigenvalue weighted by molar-refractivity contribution is 0.0600. The first kappa shape index (κ1) is 23.8. The Balaban J connectivity index is 1.59. The number of pyridine rings is 2. The van der Waals surface area contributed by atoms with E-state index >= 15 is 0 Å². The summed E-state index contributed by atoms with van der Waals surface area (Å²) in [6.07, 6.45) is 6.17. The Morgan fingerprint density at radius 2 is 1.54 bits per heavy atom. The van der Waals surface area contributed by atoms with Gasteiger partial charge in [-0.25, -0.2) is 9.78 Å². The molecule has 0 N–H and O–H groups in total. The first-order valence-corrected chi connectivity index (χ1v) is 11.0. The van der Waals surface area contributed by atoms with Crippen molar-refractivity contribution in [2.24, 2.45) is 0 Å². The zero-order valence-corrected chi connectivity index (χ0v) is 19.8. The summed E-state index contributed by atoms with van der Waals surface area (Å²) < 4.78 is 21.5. The maximum absolute atomic E-state index is 11.6. The average molecular weight is 471 g/mol. The minimum Gasteiger partial charge on any atom is -0.493 e. The van der Waals surface area contributed by atoms with Gasteiger partial charge in [0.2, 0.25) is 5.88 Å². The van der Waals surface area contributed by atoms with Crippen LogP contribution < -0.4 is 14.2 Å². The van der Waals surface area contributed by atoms with Crippen LogP contribution in [0.25, 0.3) is 0 Å². The summed E-state index contributed by atoms with van der Waals surface area (Å²) in [5, 5.41) is 0. The zero-order valence-electron chi connectivity index (χ0n) is 19.8. The minimum atomic E-state index is -0.394. The summed E-state index contributed by atoms with van der Waals surface area (Å²) in [7, 11) is 4.60. The molecule has 1 atom stereocenters. The molecule has 178 valence electrons. The van der Waals surface area contributed by atoms with Crippen molar-refractivity contribution in [3.63, 3.8) is 0 Å². The normalized spacial score (nSPS) is 11.4. The predicted octanol–water partition coefficient (Wildman–Crippen LogP) is 5.45. The van der Waals surface area contributed by atoms with E-state index in [0.29, 0.717) is 28.7 Å². The number of hydrogen-bond donors (Lipinski definition) is 0. The Kier molecular flexibility index (Phi) is 7.57. The fourth-order valence-corrected chi connectivity index (χ4v) is 3.81. The SMILES string of the molecule is COC(=O)c1ccc(Oc2ccc(C(Cc3ccncc3)c3ccc(OC)c(OC)c3)cn2)cc1. The predicted molar refractivity (Wildman–Crippen MR) is 131 cm³/mol. The number of hydrogen-bond acceptors (Lipinski definition) is 7. The molecule has 0 fully saturated rings. The van der Waals surface area contributed by atoms with E-state index in [-0.39, 0.29) is 5.92 Å². The van der Waals surface area contributed by atoms with Gasteiger partial charge in [-0.1, -0.05) is 12.1 Å². The van der Waals surface area contributed by atoms with E-state index in [1.807, 2.05) is 48.7 Å². The monoisotopic (exact) mass is 470 g/mol. The van der Waals surface area contributed by atoms with Gasteiger partial charge in [0, 0.05) is 30.6 Å². The van der Waals surface area contributed by atoms with Gasteiger partial charge in [-0.2, -0.15) is 0 Å². The Hall–Kier alpha value is -4.39. The second kappa shape index (κ2) is 11.2. The van der Waals surface area contributed by atoms with Crippen LogP contribution in [0.15, 0.2) is 85.3 Å². The second-order valence-corrected chi connectivity index (χ2v) is 7.77. The molecule has 0 aliphatic carbocycles. The van der Waals surface area contributed by atoms with Crippen LogP contribution in [0.1, 0.15) is 33.0 Å². The van der Waals surface area contributed by atoms with Crippen molar-refractivity contribution in [1.82, 2.24) is 9.97 Å². The van der Waals surface area contributed by atoms with E-state index in [0.717, 1.165) is 23.1 Å². The number of carbonyl (C=O) groups is 1. The van der Waals surface area contributed by atoms with Crippen LogP contribution in [0.5, 0.6) is 23.1 Å². The molecule has 0 spiro atoms. The minimum absolute atomic E-state index is 0.0260. The number of methoxy groups -OCH3 is 3. The number of rotatable bonds is 9. The van der Waals surface area contributed by atoms with Crippen LogP contribution in [0.2, 0.25) is 0 Å². The van der Waals surface area contributed by atoms with Gasteiger partial charge >= 0.3 is 5.97 Å². The van der Waals surface area contributed by atoms with E-state index in [4.69, 9.17) is 18.9 Å². The van der Waals surface area contributed by atoms with E-state index in [1.54, 1.807) is 50.9 Å². The van der Waals surface area contributed by atoms with Gasteiger partial charge in [0.15, 0.2) is 11.5 Å². The molecule has 2 aromatic carbocycles. The highest BCUT2D eigenvalue weighted by atomic mass is 16.5. The molecular weight excluding hydrogens is 444 g/mol. The summed E-state index contributed by atoms with van der Waals surface area (Å²) in [4.78, 5) is 20.3. The quantitative estimate of drug-likeness (QED) is 0.301. The van der Waals surface area contributed by atoms with Gasteiger partial charge in [-0.3, -0.25) is 4.98 Å². The van der Waals surface area contributed by atoms with Crippen LogP contribution >= 0.6 is 0 Å². The zero-order chi connectivity index (χ0) is 24.6. The lowest BCUT2D eigenvalue weighted by atomic mass is 9.87. The Morgan fingerprint density at radius 3 is 2.17 bits per heavy atom. The summed E-state index contributed by atoms with van der Waals surface area (Å²) in [5.41, 5.74) is 3.72. The van der Waals surface area contributed by atoms with Gasteiger partial charge in [0.05, 0.1) is 26.9 Å². The van der Waals surface area contributed by atoms with Gasteiger partial charge < -0.3 is 18.9 Å². The molecule has 0 saturated heterocycles. The molecule has 2 heterocycles. The van der Waals surface area contributed by atoms with Crippen LogP contribution in [0, 0.1) is 0 Å². The third kappa shape index (κ3) is 5.76. The Morgan fingerprint density at radius 1 is 0.829 bits per heavy atom. The fourth-order valence-electron chi connectivity index (χ4n) is 3.81. The average Bonchev–Trinajstić information content (AvgIpc) is 2.92. The maximum atomic E-state index is 11.6. The molecule has 4 rings (SSSR count). The first-order chi connectivity index (χ1) is 17.1. The third-order valence-electron chi connectivity index (χ3n) is 5.66. The topological polar surface area (TPSA) is 79.8 Å². The number of carbonyl (C=O) groups excluding carboxylic acids is 1. The summed E-state index contributed by atoms with van der Waals surface area (Å²) in [6, 6.07) is 20.5. The van der Waals surface area contributed by atoms with Crippen LogP contribution in [-0.2, 0) is 11.2 Å². The Bertz CT molecular complexity index is 1260. The highest BCUT2D eigenvalue weighted by Crippen LogP contribution is 2.35. The number of benzene rings is 2. The smallest absolute Gasteiger partial charge is 0.337 e. The largest absolute Gasteiger partial charge is 0.493 e. The lowest BCUT2D eigenvalue weighted by Gasteiger charge is -2.20. The van der Waals surface area contributed by atoms with Crippen LogP contribution in [-0.4, -0.2) is 37.3 Å². The van der Waals surface area contributed by atoms with Gasteiger partial charge in [-0.05, 0) is 71.6 Å². The number of nitrogens with zero attached hydrogens (tertiary/aromatic N) is 2. The summed E-state index contributed by atoms with van der Waals surface area (Å²) >= 11 is 0. The maximum Gasteiger partial charge on any atom is 0.337 e. The van der Waals surface area contributed by atoms with E-state index in [2.05, 4.69) is 9.97 Å². The van der Waals surface area contributed by atoms with E-state index < -0.39 is 5.97 Å². The number of aromatic nitrogens is 2. The van der Waals surface area contributed by atoms with Crippen molar-refractivity contribution in [3.8, 4) is 23.1 Å². The standard InChI is InChI=1S/C28H26N2O5/c1-32-25-10-6-21(17-26(25)33-2)24(16-19-12-14-29-15-13-19)22-7-11-27(30-18-22)35-23-8-4-20(5-9-23)28(31)34-3/h4-15,17-18,24H,16H2,1-3H3.